The average Bonchev–Trinajstić information content (AvgIpc) is 2.64. The van der Waals surface area contributed by atoms with Gasteiger partial charge in [-0.25, -0.2) is 4.98 Å². The van der Waals surface area contributed by atoms with Crippen molar-refractivity contribution in [2.45, 2.75) is 26.0 Å². The maximum absolute atomic E-state index is 13.5. The van der Waals surface area contributed by atoms with Crippen LogP contribution >= 0.6 is 0 Å². The number of H-pyrrole nitrogens is 1. The van der Waals surface area contributed by atoms with Gasteiger partial charge in [0, 0.05) is 38.9 Å². The van der Waals surface area contributed by atoms with E-state index in [1.807, 2.05) is 24.3 Å². The van der Waals surface area contributed by atoms with E-state index < -0.39 is 11.4 Å². The monoisotopic (exact) mass is 361 g/mol. The lowest BCUT2D eigenvalue weighted by Gasteiger charge is -2.33. The molecule has 1 aliphatic heterocycles. The van der Waals surface area contributed by atoms with E-state index in [9.17, 15) is 9.18 Å². The van der Waals surface area contributed by atoms with Gasteiger partial charge in [-0.3, -0.25) is 9.69 Å². The highest BCUT2D eigenvalue weighted by Crippen LogP contribution is 2.19. The molecule has 1 saturated heterocycles. The average molecular weight is 361 g/mol. The summed E-state index contributed by atoms with van der Waals surface area (Å²) in [5.74, 6) is -0.448. The quantitative estimate of drug-likeness (QED) is 0.854. The molecule has 7 heteroatoms. The molecule has 0 bridgehead atoms. The summed E-state index contributed by atoms with van der Waals surface area (Å²) in [6.07, 6.45) is 1.07. The van der Waals surface area contributed by atoms with Crippen molar-refractivity contribution in [3.63, 3.8) is 0 Å². The predicted molar refractivity (Wildman–Crippen MR) is 96.5 cm³/mol. The number of nitrogens with zero attached hydrogens (tertiary/aromatic N) is 2. The van der Waals surface area contributed by atoms with E-state index >= 15 is 0 Å². The van der Waals surface area contributed by atoms with Crippen LogP contribution in [0.15, 0.2) is 29.1 Å². The molecule has 0 saturated carbocycles. The highest BCUT2D eigenvalue weighted by atomic mass is 19.1. The van der Waals surface area contributed by atoms with Gasteiger partial charge in [0.05, 0.1) is 18.4 Å². The van der Waals surface area contributed by atoms with Crippen LogP contribution in [0.2, 0.25) is 0 Å². The van der Waals surface area contributed by atoms with Gasteiger partial charge < -0.3 is 14.5 Å². The van der Waals surface area contributed by atoms with Gasteiger partial charge in [-0.05, 0) is 25.0 Å². The molecule has 2 aromatic rings. The normalized spacial score (nSPS) is 18.2. The second kappa shape index (κ2) is 8.53. The standard InChI is InChI=1S/C19H24FN3O3/c1-13-17(20)19(24)22-18(21-13)15-5-3-4-14(10-15)11-23-7-9-26-16(12-23)6-8-25-2/h3-5,10,16H,6-9,11-12H2,1-2H3,(H,21,22,24). The lowest BCUT2D eigenvalue weighted by atomic mass is 10.1. The van der Waals surface area contributed by atoms with Crippen molar-refractivity contribution in [2.75, 3.05) is 33.4 Å². The van der Waals surface area contributed by atoms with Crippen molar-refractivity contribution < 1.29 is 13.9 Å². The van der Waals surface area contributed by atoms with Crippen LogP contribution in [-0.4, -0.2) is 54.4 Å². The number of hydrogen-bond donors (Lipinski definition) is 1. The largest absolute Gasteiger partial charge is 0.385 e. The van der Waals surface area contributed by atoms with Gasteiger partial charge >= 0.3 is 0 Å². The molecule has 0 spiro atoms. The Morgan fingerprint density at radius 3 is 3.08 bits per heavy atom. The van der Waals surface area contributed by atoms with Crippen LogP contribution < -0.4 is 5.56 Å². The molecule has 6 nitrogen and oxygen atoms in total. The Labute approximate surface area is 152 Å². The number of hydrogen-bond acceptors (Lipinski definition) is 5. The van der Waals surface area contributed by atoms with Crippen LogP contribution in [0.1, 0.15) is 17.7 Å². The third kappa shape index (κ3) is 4.55. The first kappa shape index (κ1) is 18.7. The third-order valence-electron chi connectivity index (χ3n) is 4.50. The van der Waals surface area contributed by atoms with Gasteiger partial charge in [0.1, 0.15) is 5.82 Å². The molecule has 1 aromatic carbocycles. The van der Waals surface area contributed by atoms with Crippen LogP contribution in [0.5, 0.6) is 0 Å². The molecule has 0 aliphatic carbocycles. The summed E-state index contributed by atoms with van der Waals surface area (Å²) in [7, 11) is 1.70. The summed E-state index contributed by atoms with van der Waals surface area (Å²) in [5.41, 5.74) is 1.24. The number of rotatable bonds is 6. The summed E-state index contributed by atoms with van der Waals surface area (Å²) in [6, 6.07) is 7.80. The summed E-state index contributed by atoms with van der Waals surface area (Å²) in [6.45, 7) is 5.41. The third-order valence-corrected chi connectivity index (χ3v) is 4.50. The Bertz CT molecular complexity index is 809. The molecular formula is C19H24FN3O3. The number of aromatic nitrogens is 2. The van der Waals surface area contributed by atoms with Crippen LogP contribution in [0.3, 0.4) is 0 Å². The van der Waals surface area contributed by atoms with E-state index in [1.165, 1.54) is 6.92 Å². The van der Waals surface area contributed by atoms with Crippen molar-refractivity contribution in [3.8, 4) is 11.4 Å². The fourth-order valence-electron chi connectivity index (χ4n) is 3.13. The summed E-state index contributed by atoms with van der Waals surface area (Å²) >= 11 is 0. The lowest BCUT2D eigenvalue weighted by Crippen LogP contribution is -2.42. The highest BCUT2D eigenvalue weighted by molar-refractivity contribution is 5.56. The Balaban J connectivity index is 1.72. The molecule has 2 heterocycles. The minimum absolute atomic E-state index is 0.100. The first-order valence-corrected chi connectivity index (χ1v) is 8.75. The van der Waals surface area contributed by atoms with E-state index in [0.29, 0.717) is 19.0 Å². The Morgan fingerprint density at radius 1 is 1.46 bits per heavy atom. The Kier molecular flexibility index (Phi) is 6.13. The van der Waals surface area contributed by atoms with Crippen LogP contribution in [-0.2, 0) is 16.0 Å². The smallest absolute Gasteiger partial charge is 0.287 e. The summed E-state index contributed by atoms with van der Waals surface area (Å²) in [4.78, 5) is 20.7. The Morgan fingerprint density at radius 2 is 2.31 bits per heavy atom. The number of halogens is 1. The molecule has 1 aliphatic rings. The van der Waals surface area contributed by atoms with Gasteiger partial charge in [0.15, 0.2) is 0 Å². The predicted octanol–water partition coefficient (Wildman–Crippen LogP) is 2.12. The minimum Gasteiger partial charge on any atom is -0.385 e. The molecule has 26 heavy (non-hydrogen) atoms. The van der Waals surface area contributed by atoms with Crippen molar-refractivity contribution in [2.24, 2.45) is 0 Å². The summed E-state index contributed by atoms with van der Waals surface area (Å²) < 4.78 is 24.4. The van der Waals surface area contributed by atoms with Gasteiger partial charge in [0.2, 0.25) is 5.82 Å². The van der Waals surface area contributed by atoms with Gasteiger partial charge in [-0.1, -0.05) is 18.2 Å². The summed E-state index contributed by atoms with van der Waals surface area (Å²) in [5, 5.41) is 0. The molecule has 1 N–H and O–H groups in total. The fourth-order valence-corrected chi connectivity index (χ4v) is 3.13. The van der Waals surface area contributed by atoms with Crippen molar-refractivity contribution in [1.29, 1.82) is 0 Å². The number of methoxy groups -OCH3 is 1. The van der Waals surface area contributed by atoms with E-state index in [-0.39, 0.29) is 11.8 Å². The molecule has 0 radical (unpaired) electrons. The maximum atomic E-state index is 13.5. The molecule has 1 fully saturated rings. The first-order valence-electron chi connectivity index (χ1n) is 8.75. The van der Waals surface area contributed by atoms with Crippen LogP contribution in [0.25, 0.3) is 11.4 Å². The molecule has 3 rings (SSSR count). The molecule has 1 unspecified atom stereocenters. The topological polar surface area (TPSA) is 67.5 Å². The number of aryl methyl sites for hydroxylation is 1. The number of benzene rings is 1. The molecule has 1 atom stereocenters. The molecule has 1 aromatic heterocycles. The molecular weight excluding hydrogens is 337 g/mol. The molecule has 0 amide bonds. The first-order chi connectivity index (χ1) is 12.6. The second-order valence-corrected chi connectivity index (χ2v) is 6.52. The molecule has 140 valence electrons. The highest BCUT2D eigenvalue weighted by Gasteiger charge is 2.20. The van der Waals surface area contributed by atoms with Crippen molar-refractivity contribution in [3.05, 3.63) is 51.7 Å². The van der Waals surface area contributed by atoms with E-state index in [2.05, 4.69) is 14.9 Å². The number of aromatic amines is 1. The zero-order chi connectivity index (χ0) is 18.5. The number of nitrogens with one attached hydrogen (secondary N) is 1. The minimum atomic E-state index is -0.833. The van der Waals surface area contributed by atoms with Crippen molar-refractivity contribution >= 4 is 0 Å². The Hall–Kier alpha value is -2.09. The number of ether oxygens (including phenoxy) is 2. The van der Waals surface area contributed by atoms with Gasteiger partial charge in [-0.2, -0.15) is 4.39 Å². The van der Waals surface area contributed by atoms with Crippen LogP contribution in [0, 0.1) is 12.7 Å². The van der Waals surface area contributed by atoms with E-state index in [1.54, 1.807) is 7.11 Å². The SMILES string of the molecule is COCCC1CN(Cc2cccc(-c3nc(C)c(F)c(=O)[nH]3)c2)CCO1. The maximum Gasteiger partial charge on any atom is 0.287 e. The van der Waals surface area contributed by atoms with E-state index in [4.69, 9.17) is 9.47 Å². The van der Waals surface area contributed by atoms with Crippen LogP contribution in [0.4, 0.5) is 4.39 Å². The van der Waals surface area contributed by atoms with Gasteiger partial charge in [0.25, 0.3) is 5.56 Å². The van der Waals surface area contributed by atoms with E-state index in [0.717, 1.165) is 37.2 Å². The fraction of sp³-hybridized carbons (Fsp3) is 0.474. The second-order valence-electron chi connectivity index (χ2n) is 6.52. The number of morpholine rings is 1. The zero-order valence-corrected chi connectivity index (χ0v) is 15.1. The lowest BCUT2D eigenvalue weighted by molar-refractivity contribution is -0.0432. The van der Waals surface area contributed by atoms with Gasteiger partial charge in [-0.15, -0.1) is 0 Å². The van der Waals surface area contributed by atoms with Crippen molar-refractivity contribution in [1.82, 2.24) is 14.9 Å². The zero-order valence-electron chi connectivity index (χ0n) is 15.1.